The summed E-state index contributed by atoms with van der Waals surface area (Å²) < 4.78 is 28.9. The molecule has 0 spiro atoms. The minimum Gasteiger partial charge on any atom is -0.337 e. The van der Waals surface area contributed by atoms with Gasteiger partial charge in [-0.3, -0.25) is 5.10 Å². The number of amidine groups is 1. The van der Waals surface area contributed by atoms with E-state index in [0.29, 0.717) is 28.2 Å². The van der Waals surface area contributed by atoms with Crippen LogP contribution in [0.15, 0.2) is 71.9 Å². The quantitative estimate of drug-likeness (QED) is 0.417. The first kappa shape index (κ1) is 17.6. The lowest BCUT2D eigenvalue weighted by Gasteiger charge is -2.10. The Morgan fingerprint density at radius 2 is 1.69 bits per heavy atom. The van der Waals surface area contributed by atoms with E-state index >= 15 is 0 Å². The number of aliphatic imine (C=N–C) groups is 1. The number of H-pyrrole nitrogens is 1. The number of rotatable bonds is 2. The molecule has 1 aromatic heterocycles. The SMILES string of the molecule is Fc1ccccc1-c1ccc2c(c1)N=C(c1c(F)cccc1Cl)Nc1cn[nH]c1-2. The molecule has 4 nitrogen and oxygen atoms in total. The summed E-state index contributed by atoms with van der Waals surface area (Å²) in [5.74, 6) is -0.578. The van der Waals surface area contributed by atoms with E-state index in [4.69, 9.17) is 11.6 Å². The highest BCUT2D eigenvalue weighted by atomic mass is 35.5. The van der Waals surface area contributed by atoms with Gasteiger partial charge in [-0.15, -0.1) is 0 Å². The fourth-order valence-electron chi connectivity index (χ4n) is 3.40. The standard InChI is InChI=1S/C22H13ClF2N4/c23-15-5-3-7-17(25)20(15)22-27-18-10-12(13-4-1-2-6-16(13)24)8-9-14(18)21-19(28-22)11-26-29-21/h1-11H,(H,26,29)(H,27,28). The van der Waals surface area contributed by atoms with Crippen molar-refractivity contribution in [3.05, 3.63) is 89.1 Å². The zero-order valence-corrected chi connectivity index (χ0v) is 15.6. The van der Waals surface area contributed by atoms with Gasteiger partial charge in [-0.2, -0.15) is 5.10 Å². The number of hydrogen-bond donors (Lipinski definition) is 2. The molecule has 2 N–H and O–H groups in total. The monoisotopic (exact) mass is 406 g/mol. The van der Waals surface area contributed by atoms with Crippen molar-refractivity contribution in [1.82, 2.24) is 10.2 Å². The second kappa shape index (κ2) is 6.83. The van der Waals surface area contributed by atoms with Crippen molar-refractivity contribution in [2.75, 3.05) is 5.32 Å². The molecule has 0 bridgehead atoms. The molecule has 0 radical (unpaired) electrons. The number of anilines is 1. The largest absolute Gasteiger partial charge is 0.337 e. The molecular weight excluding hydrogens is 394 g/mol. The number of hydrogen-bond acceptors (Lipinski definition) is 3. The number of aromatic amines is 1. The molecule has 7 heteroatoms. The van der Waals surface area contributed by atoms with Gasteiger partial charge in [0.05, 0.1) is 33.9 Å². The van der Waals surface area contributed by atoms with Crippen molar-refractivity contribution in [2.24, 2.45) is 4.99 Å². The van der Waals surface area contributed by atoms with E-state index in [0.717, 1.165) is 5.56 Å². The van der Waals surface area contributed by atoms with Crippen LogP contribution in [-0.4, -0.2) is 16.0 Å². The molecule has 142 valence electrons. The Morgan fingerprint density at radius 1 is 0.862 bits per heavy atom. The number of fused-ring (bicyclic) bond motifs is 3. The van der Waals surface area contributed by atoms with Gasteiger partial charge in [-0.25, -0.2) is 13.8 Å². The van der Waals surface area contributed by atoms with Crippen LogP contribution in [0.25, 0.3) is 22.4 Å². The third-order valence-corrected chi connectivity index (χ3v) is 5.09. The summed E-state index contributed by atoms with van der Waals surface area (Å²) in [7, 11) is 0. The Balaban J connectivity index is 1.75. The molecule has 0 atom stereocenters. The normalized spacial score (nSPS) is 12.4. The van der Waals surface area contributed by atoms with Crippen LogP contribution < -0.4 is 5.32 Å². The minimum atomic E-state index is -0.498. The highest BCUT2D eigenvalue weighted by molar-refractivity contribution is 6.35. The van der Waals surface area contributed by atoms with E-state index in [1.165, 1.54) is 18.2 Å². The van der Waals surface area contributed by atoms with Gasteiger partial charge >= 0.3 is 0 Å². The fraction of sp³-hybridized carbons (Fsp3) is 0. The van der Waals surface area contributed by atoms with E-state index in [2.05, 4.69) is 20.5 Å². The summed E-state index contributed by atoms with van der Waals surface area (Å²) in [6.45, 7) is 0. The predicted molar refractivity (Wildman–Crippen MR) is 111 cm³/mol. The van der Waals surface area contributed by atoms with Gasteiger partial charge in [-0.1, -0.05) is 41.9 Å². The molecule has 0 saturated carbocycles. The molecule has 29 heavy (non-hydrogen) atoms. The maximum Gasteiger partial charge on any atom is 0.142 e. The summed E-state index contributed by atoms with van der Waals surface area (Å²) in [6, 6.07) is 16.4. The van der Waals surface area contributed by atoms with Gasteiger partial charge in [0.15, 0.2) is 0 Å². The maximum atomic E-state index is 14.6. The smallest absolute Gasteiger partial charge is 0.142 e. The number of benzene rings is 3. The zero-order valence-electron chi connectivity index (χ0n) is 14.9. The van der Waals surface area contributed by atoms with Crippen LogP contribution in [0.2, 0.25) is 5.02 Å². The molecule has 5 rings (SSSR count). The fourth-order valence-corrected chi connectivity index (χ4v) is 3.66. The number of halogens is 3. The summed E-state index contributed by atoms with van der Waals surface area (Å²) in [5, 5.41) is 10.4. The molecule has 0 saturated heterocycles. The summed E-state index contributed by atoms with van der Waals surface area (Å²) >= 11 is 6.26. The van der Waals surface area contributed by atoms with Gasteiger partial charge in [0.25, 0.3) is 0 Å². The van der Waals surface area contributed by atoms with Crippen LogP contribution in [0.3, 0.4) is 0 Å². The number of nitrogens with one attached hydrogen (secondary N) is 2. The lowest BCUT2D eigenvalue weighted by molar-refractivity contribution is 0.625. The van der Waals surface area contributed by atoms with Crippen molar-refractivity contribution >= 4 is 28.8 Å². The molecule has 4 aromatic rings. The average molecular weight is 407 g/mol. The van der Waals surface area contributed by atoms with E-state index in [9.17, 15) is 8.78 Å². The Morgan fingerprint density at radius 3 is 2.52 bits per heavy atom. The lowest BCUT2D eigenvalue weighted by atomic mass is 10.0. The molecule has 3 aromatic carbocycles. The highest BCUT2D eigenvalue weighted by Crippen LogP contribution is 2.40. The first-order valence-electron chi connectivity index (χ1n) is 8.84. The van der Waals surface area contributed by atoms with Gasteiger partial charge in [0.1, 0.15) is 17.5 Å². The topological polar surface area (TPSA) is 53.1 Å². The minimum absolute atomic E-state index is 0.158. The first-order chi connectivity index (χ1) is 14.1. The van der Waals surface area contributed by atoms with E-state index in [1.54, 1.807) is 36.5 Å². The second-order valence-electron chi connectivity index (χ2n) is 6.55. The van der Waals surface area contributed by atoms with Crippen molar-refractivity contribution < 1.29 is 8.78 Å². The lowest BCUT2D eigenvalue weighted by Crippen LogP contribution is -2.15. The zero-order chi connectivity index (χ0) is 20.0. The van der Waals surface area contributed by atoms with Gasteiger partial charge in [0, 0.05) is 11.1 Å². The summed E-state index contributed by atoms with van der Waals surface area (Å²) in [4.78, 5) is 4.64. The Kier molecular flexibility index (Phi) is 4.14. The molecule has 0 fully saturated rings. The van der Waals surface area contributed by atoms with Crippen molar-refractivity contribution in [1.29, 1.82) is 0 Å². The van der Waals surface area contributed by atoms with Crippen LogP contribution >= 0.6 is 11.6 Å². The second-order valence-corrected chi connectivity index (χ2v) is 6.96. The first-order valence-corrected chi connectivity index (χ1v) is 9.22. The van der Waals surface area contributed by atoms with Crippen molar-refractivity contribution in [2.45, 2.75) is 0 Å². The van der Waals surface area contributed by atoms with Crippen LogP contribution in [0.1, 0.15) is 5.56 Å². The van der Waals surface area contributed by atoms with Crippen LogP contribution in [0.5, 0.6) is 0 Å². The van der Waals surface area contributed by atoms with E-state index < -0.39 is 5.82 Å². The van der Waals surface area contributed by atoms with E-state index in [1.807, 2.05) is 12.1 Å². The molecule has 0 aliphatic carbocycles. The van der Waals surface area contributed by atoms with Gasteiger partial charge in [0.2, 0.25) is 0 Å². The molecule has 1 aliphatic heterocycles. The maximum absolute atomic E-state index is 14.6. The summed E-state index contributed by atoms with van der Waals surface area (Å²) in [6.07, 6.45) is 1.60. The van der Waals surface area contributed by atoms with Crippen LogP contribution in [-0.2, 0) is 0 Å². The Hall–Kier alpha value is -3.51. The summed E-state index contributed by atoms with van der Waals surface area (Å²) in [5.41, 5.74) is 3.91. The Labute approximate surface area is 169 Å². The average Bonchev–Trinajstić information content (AvgIpc) is 3.10. The van der Waals surface area contributed by atoms with Gasteiger partial charge in [-0.05, 0) is 35.9 Å². The molecule has 1 aliphatic rings. The predicted octanol–water partition coefficient (Wildman–Crippen LogP) is 6.18. The number of aromatic nitrogens is 2. The molecule has 0 amide bonds. The third-order valence-electron chi connectivity index (χ3n) is 4.78. The molecule has 2 heterocycles. The van der Waals surface area contributed by atoms with Crippen molar-refractivity contribution in [3.63, 3.8) is 0 Å². The van der Waals surface area contributed by atoms with Gasteiger partial charge < -0.3 is 5.32 Å². The molecular formula is C22H13ClF2N4. The van der Waals surface area contributed by atoms with Crippen molar-refractivity contribution in [3.8, 4) is 22.4 Å². The third kappa shape index (κ3) is 2.98. The molecule has 0 unspecified atom stereocenters. The van der Waals surface area contributed by atoms with Crippen LogP contribution in [0, 0.1) is 11.6 Å². The number of nitrogens with zero attached hydrogens (tertiary/aromatic N) is 2. The van der Waals surface area contributed by atoms with E-state index in [-0.39, 0.29) is 22.2 Å². The highest BCUT2D eigenvalue weighted by Gasteiger charge is 2.22. The van der Waals surface area contributed by atoms with Crippen LogP contribution in [0.4, 0.5) is 20.2 Å². The Bertz CT molecular complexity index is 1260.